The molecule has 0 aromatic carbocycles. The minimum atomic E-state index is -3.02. The van der Waals surface area contributed by atoms with Crippen molar-refractivity contribution in [2.45, 2.75) is 38.6 Å². The van der Waals surface area contributed by atoms with Crippen molar-refractivity contribution < 1.29 is 8.42 Å². The average molecular weight is 246 g/mol. The van der Waals surface area contributed by atoms with E-state index in [9.17, 15) is 8.42 Å². The predicted molar refractivity (Wildman–Crippen MR) is 64.8 cm³/mol. The van der Waals surface area contributed by atoms with E-state index >= 15 is 0 Å². The largest absolute Gasteiger partial charge is 0.313 e. The summed E-state index contributed by atoms with van der Waals surface area (Å²) in [6.07, 6.45) is 4.13. The van der Waals surface area contributed by atoms with Crippen LogP contribution in [0.15, 0.2) is 0 Å². The molecule has 2 fully saturated rings. The number of piperidine rings is 1. The molecule has 0 radical (unpaired) electrons. The van der Waals surface area contributed by atoms with Gasteiger partial charge in [-0.15, -0.1) is 0 Å². The van der Waals surface area contributed by atoms with Crippen LogP contribution in [0.25, 0.3) is 0 Å². The maximum atomic E-state index is 12.1. The molecular weight excluding hydrogens is 224 g/mol. The highest BCUT2D eigenvalue weighted by Gasteiger charge is 2.29. The maximum Gasteiger partial charge on any atom is 0.215 e. The molecule has 0 aromatic heterocycles. The first kappa shape index (κ1) is 12.3. The molecule has 5 heteroatoms. The summed E-state index contributed by atoms with van der Waals surface area (Å²) < 4.78 is 26.0. The Kier molecular flexibility index (Phi) is 3.87. The molecule has 1 atom stereocenters. The summed E-state index contributed by atoms with van der Waals surface area (Å²) in [7, 11) is -3.02. The quantitative estimate of drug-likeness (QED) is 0.801. The molecule has 0 spiro atoms. The van der Waals surface area contributed by atoms with Crippen LogP contribution in [0.1, 0.15) is 32.6 Å². The van der Waals surface area contributed by atoms with E-state index in [1.165, 1.54) is 0 Å². The van der Waals surface area contributed by atoms with E-state index in [1.807, 2.05) is 0 Å². The zero-order valence-electron chi connectivity index (χ0n) is 9.98. The highest BCUT2D eigenvalue weighted by atomic mass is 32.2. The number of hydrogen-bond donors (Lipinski definition) is 1. The molecule has 4 nitrogen and oxygen atoms in total. The van der Waals surface area contributed by atoms with E-state index in [2.05, 4.69) is 12.2 Å². The fourth-order valence-electron chi connectivity index (χ4n) is 2.52. The highest BCUT2D eigenvalue weighted by molar-refractivity contribution is 7.89. The van der Waals surface area contributed by atoms with Crippen molar-refractivity contribution >= 4 is 10.0 Å². The van der Waals surface area contributed by atoms with E-state index in [0.29, 0.717) is 11.7 Å². The molecule has 1 unspecified atom stereocenters. The Morgan fingerprint density at radius 2 is 1.94 bits per heavy atom. The number of rotatable bonds is 3. The van der Waals surface area contributed by atoms with Gasteiger partial charge in [-0.1, -0.05) is 6.92 Å². The van der Waals surface area contributed by atoms with Gasteiger partial charge < -0.3 is 5.32 Å². The molecule has 0 amide bonds. The Balaban J connectivity index is 1.90. The van der Waals surface area contributed by atoms with Crippen LogP contribution in [0.3, 0.4) is 0 Å². The second-order valence-corrected chi connectivity index (χ2v) is 7.17. The van der Waals surface area contributed by atoms with E-state index in [4.69, 9.17) is 0 Å². The first-order chi connectivity index (χ1) is 7.58. The zero-order valence-corrected chi connectivity index (χ0v) is 10.8. The summed E-state index contributed by atoms with van der Waals surface area (Å²) >= 11 is 0. The lowest BCUT2D eigenvalue weighted by atomic mass is 10.0. The number of hydrogen-bond acceptors (Lipinski definition) is 3. The average Bonchev–Trinajstić information content (AvgIpc) is 2.70. The monoisotopic (exact) mass is 246 g/mol. The Morgan fingerprint density at radius 3 is 2.50 bits per heavy atom. The maximum absolute atomic E-state index is 12.1. The zero-order chi connectivity index (χ0) is 11.6. The minimum Gasteiger partial charge on any atom is -0.313 e. The van der Waals surface area contributed by atoms with Crippen LogP contribution in [-0.4, -0.2) is 44.2 Å². The standard InChI is InChI=1S/C11H22N2O2S/c1-10-4-7-13(8-5-10)16(14,15)9-11-3-2-6-12-11/h10-12H,2-9H2,1H3. The predicted octanol–water partition coefficient (Wildman–Crippen LogP) is 0.800. The first-order valence-corrected chi connectivity index (χ1v) is 7.90. The number of nitrogens with one attached hydrogen (secondary N) is 1. The van der Waals surface area contributed by atoms with Crippen LogP contribution in [0.2, 0.25) is 0 Å². The van der Waals surface area contributed by atoms with Gasteiger partial charge in [0.25, 0.3) is 0 Å². The van der Waals surface area contributed by atoms with Crippen LogP contribution in [0, 0.1) is 5.92 Å². The van der Waals surface area contributed by atoms with E-state index in [1.54, 1.807) is 4.31 Å². The third-order valence-electron chi connectivity index (χ3n) is 3.71. The molecule has 0 saturated carbocycles. The second-order valence-electron chi connectivity index (χ2n) is 5.15. The van der Waals surface area contributed by atoms with E-state index < -0.39 is 10.0 Å². The van der Waals surface area contributed by atoms with Gasteiger partial charge in [0.2, 0.25) is 10.0 Å². The highest BCUT2D eigenvalue weighted by Crippen LogP contribution is 2.20. The van der Waals surface area contributed by atoms with Crippen LogP contribution in [0.5, 0.6) is 0 Å². The summed E-state index contributed by atoms with van der Waals surface area (Å²) in [5.74, 6) is 0.970. The van der Waals surface area contributed by atoms with Gasteiger partial charge in [0.05, 0.1) is 5.75 Å². The Labute approximate surface area is 98.4 Å². The molecule has 2 aliphatic rings. The van der Waals surface area contributed by atoms with Gasteiger partial charge in [0.15, 0.2) is 0 Å². The van der Waals surface area contributed by atoms with Gasteiger partial charge in [-0.05, 0) is 38.1 Å². The summed E-state index contributed by atoms with van der Waals surface area (Å²) in [4.78, 5) is 0. The molecule has 0 bridgehead atoms. The summed E-state index contributed by atoms with van der Waals surface area (Å²) in [5.41, 5.74) is 0. The molecule has 2 heterocycles. The molecular formula is C11H22N2O2S. The van der Waals surface area contributed by atoms with Crippen LogP contribution >= 0.6 is 0 Å². The van der Waals surface area contributed by atoms with E-state index in [-0.39, 0.29) is 6.04 Å². The van der Waals surface area contributed by atoms with Crippen LogP contribution in [0.4, 0.5) is 0 Å². The minimum absolute atomic E-state index is 0.185. The van der Waals surface area contributed by atoms with Crippen molar-refractivity contribution in [3.8, 4) is 0 Å². The lowest BCUT2D eigenvalue weighted by Crippen LogP contribution is -2.43. The van der Waals surface area contributed by atoms with Gasteiger partial charge >= 0.3 is 0 Å². The van der Waals surface area contributed by atoms with Gasteiger partial charge in [-0.3, -0.25) is 0 Å². The van der Waals surface area contributed by atoms with Crippen molar-refractivity contribution in [3.05, 3.63) is 0 Å². The van der Waals surface area contributed by atoms with Crippen molar-refractivity contribution in [1.82, 2.24) is 9.62 Å². The fourth-order valence-corrected chi connectivity index (χ4v) is 4.29. The Hall–Kier alpha value is -0.130. The molecule has 16 heavy (non-hydrogen) atoms. The van der Waals surface area contributed by atoms with Crippen molar-refractivity contribution in [1.29, 1.82) is 0 Å². The summed E-state index contributed by atoms with van der Waals surface area (Å²) in [5, 5.41) is 3.25. The molecule has 2 saturated heterocycles. The van der Waals surface area contributed by atoms with E-state index in [0.717, 1.165) is 45.3 Å². The molecule has 1 N–H and O–H groups in total. The topological polar surface area (TPSA) is 49.4 Å². The normalized spacial score (nSPS) is 29.7. The van der Waals surface area contributed by atoms with Crippen LogP contribution in [-0.2, 0) is 10.0 Å². The second kappa shape index (κ2) is 5.02. The lowest BCUT2D eigenvalue weighted by molar-refractivity contribution is 0.287. The fraction of sp³-hybridized carbons (Fsp3) is 1.00. The van der Waals surface area contributed by atoms with Gasteiger partial charge in [0, 0.05) is 19.1 Å². The Morgan fingerprint density at radius 1 is 1.25 bits per heavy atom. The number of nitrogens with zero attached hydrogens (tertiary/aromatic N) is 1. The van der Waals surface area contributed by atoms with Crippen molar-refractivity contribution in [2.75, 3.05) is 25.4 Å². The number of sulfonamides is 1. The smallest absolute Gasteiger partial charge is 0.215 e. The third kappa shape index (κ3) is 2.96. The van der Waals surface area contributed by atoms with Crippen LogP contribution < -0.4 is 5.32 Å². The molecule has 94 valence electrons. The van der Waals surface area contributed by atoms with Crippen molar-refractivity contribution in [3.63, 3.8) is 0 Å². The van der Waals surface area contributed by atoms with Crippen molar-refractivity contribution in [2.24, 2.45) is 5.92 Å². The van der Waals surface area contributed by atoms with Gasteiger partial charge in [-0.2, -0.15) is 0 Å². The molecule has 0 aromatic rings. The summed E-state index contributed by atoms with van der Waals surface area (Å²) in [6.45, 7) is 4.60. The molecule has 2 aliphatic heterocycles. The molecule has 2 rings (SSSR count). The SMILES string of the molecule is CC1CCN(S(=O)(=O)CC2CCCN2)CC1. The van der Waals surface area contributed by atoms with Gasteiger partial charge in [0.1, 0.15) is 0 Å². The molecule has 0 aliphatic carbocycles. The first-order valence-electron chi connectivity index (χ1n) is 6.29. The third-order valence-corrected chi connectivity index (χ3v) is 5.69. The Bertz CT molecular complexity index is 315. The lowest BCUT2D eigenvalue weighted by Gasteiger charge is -2.30. The summed E-state index contributed by atoms with van der Waals surface area (Å²) in [6, 6.07) is 0.185. The van der Waals surface area contributed by atoms with Gasteiger partial charge in [-0.25, -0.2) is 12.7 Å².